The molecule has 2 aromatic rings. The Morgan fingerprint density at radius 2 is 1.96 bits per heavy atom. The molecule has 0 bridgehead atoms. The van der Waals surface area contributed by atoms with Crippen LogP contribution in [0.15, 0.2) is 40.4 Å². The maximum absolute atomic E-state index is 12.6. The van der Waals surface area contributed by atoms with Crippen molar-refractivity contribution in [1.82, 2.24) is 0 Å². The molecule has 0 aliphatic rings. The molecule has 0 spiro atoms. The molecule has 2 rings (SSSR count). The summed E-state index contributed by atoms with van der Waals surface area (Å²) < 4.78 is 6.68. The molecular formula is C23H25BrN2O2. The number of nitrogens with zero attached hydrogens (tertiary/aromatic N) is 1. The number of ether oxygens (including phenoxy) is 1. The van der Waals surface area contributed by atoms with E-state index in [1.807, 2.05) is 57.2 Å². The molecule has 4 nitrogen and oxygen atoms in total. The van der Waals surface area contributed by atoms with Gasteiger partial charge >= 0.3 is 0 Å². The minimum Gasteiger partial charge on any atom is -0.494 e. The standard InChI is InChI=1S/C23H25BrN2O2/c1-6-28-22-10-15(4)17(12-20(22)14(2)3)11-18(13-25)23(27)26-21-8-7-19(24)9-16(21)5/h7-12,14H,6H2,1-5H3,(H,26,27)/b18-11+. The van der Waals surface area contributed by atoms with Crippen molar-refractivity contribution in [2.75, 3.05) is 11.9 Å². The van der Waals surface area contributed by atoms with Crippen LogP contribution in [0.2, 0.25) is 0 Å². The van der Waals surface area contributed by atoms with Crippen molar-refractivity contribution in [1.29, 1.82) is 5.26 Å². The molecule has 146 valence electrons. The zero-order valence-corrected chi connectivity index (χ0v) is 18.5. The van der Waals surface area contributed by atoms with E-state index >= 15 is 0 Å². The monoisotopic (exact) mass is 440 g/mol. The number of halogens is 1. The van der Waals surface area contributed by atoms with Crippen molar-refractivity contribution in [2.24, 2.45) is 0 Å². The number of hydrogen-bond acceptors (Lipinski definition) is 3. The fourth-order valence-corrected chi connectivity index (χ4v) is 3.34. The van der Waals surface area contributed by atoms with Gasteiger partial charge in [-0.15, -0.1) is 0 Å². The van der Waals surface area contributed by atoms with Gasteiger partial charge in [-0.3, -0.25) is 4.79 Å². The summed E-state index contributed by atoms with van der Waals surface area (Å²) in [4.78, 5) is 12.6. The highest BCUT2D eigenvalue weighted by molar-refractivity contribution is 9.10. The second-order valence-corrected chi connectivity index (χ2v) is 7.83. The average molecular weight is 441 g/mol. The molecule has 5 heteroatoms. The third-order valence-corrected chi connectivity index (χ3v) is 4.92. The topological polar surface area (TPSA) is 62.1 Å². The van der Waals surface area contributed by atoms with E-state index in [1.54, 1.807) is 6.08 Å². The van der Waals surface area contributed by atoms with E-state index in [2.05, 4.69) is 35.1 Å². The largest absolute Gasteiger partial charge is 0.494 e. The molecule has 0 saturated carbocycles. The molecule has 0 saturated heterocycles. The number of carbonyl (C=O) groups is 1. The first kappa shape index (κ1) is 21.7. The molecule has 0 aliphatic carbocycles. The predicted molar refractivity (Wildman–Crippen MR) is 118 cm³/mol. The third-order valence-electron chi connectivity index (χ3n) is 4.42. The summed E-state index contributed by atoms with van der Waals surface area (Å²) in [5, 5.41) is 12.4. The number of amides is 1. The van der Waals surface area contributed by atoms with Crippen LogP contribution in [0, 0.1) is 25.2 Å². The van der Waals surface area contributed by atoms with E-state index in [4.69, 9.17) is 4.74 Å². The van der Waals surface area contributed by atoms with Gasteiger partial charge in [0.2, 0.25) is 0 Å². The summed E-state index contributed by atoms with van der Waals surface area (Å²) in [5.41, 5.74) is 4.50. The van der Waals surface area contributed by atoms with Crippen LogP contribution in [-0.2, 0) is 4.79 Å². The van der Waals surface area contributed by atoms with Gasteiger partial charge in [0.1, 0.15) is 17.4 Å². The number of carbonyl (C=O) groups excluding carboxylic acids is 1. The first-order valence-corrected chi connectivity index (χ1v) is 10.0. The molecule has 0 radical (unpaired) electrons. The maximum atomic E-state index is 12.6. The minimum absolute atomic E-state index is 0.0595. The number of hydrogen-bond donors (Lipinski definition) is 1. The molecule has 0 heterocycles. The maximum Gasteiger partial charge on any atom is 0.266 e. The molecule has 0 atom stereocenters. The van der Waals surface area contributed by atoms with E-state index in [-0.39, 0.29) is 11.5 Å². The average Bonchev–Trinajstić information content (AvgIpc) is 2.63. The quantitative estimate of drug-likeness (QED) is 0.433. The smallest absolute Gasteiger partial charge is 0.266 e. The van der Waals surface area contributed by atoms with E-state index in [9.17, 15) is 10.1 Å². The van der Waals surface area contributed by atoms with Gasteiger partial charge < -0.3 is 10.1 Å². The van der Waals surface area contributed by atoms with Crippen molar-refractivity contribution in [2.45, 2.75) is 40.5 Å². The summed E-state index contributed by atoms with van der Waals surface area (Å²) in [6.45, 7) is 10.6. The minimum atomic E-state index is -0.424. The Morgan fingerprint density at radius 3 is 2.54 bits per heavy atom. The van der Waals surface area contributed by atoms with E-state index in [0.717, 1.165) is 32.5 Å². The number of benzene rings is 2. The van der Waals surface area contributed by atoms with Crippen molar-refractivity contribution in [3.05, 3.63) is 62.6 Å². The van der Waals surface area contributed by atoms with Gasteiger partial charge in [0.25, 0.3) is 5.91 Å². The van der Waals surface area contributed by atoms with Crippen LogP contribution < -0.4 is 10.1 Å². The zero-order chi connectivity index (χ0) is 20.8. The van der Waals surface area contributed by atoms with Gasteiger partial charge in [0, 0.05) is 10.2 Å². The summed E-state index contributed by atoms with van der Waals surface area (Å²) in [6.07, 6.45) is 1.64. The Morgan fingerprint density at radius 1 is 1.25 bits per heavy atom. The molecule has 0 fully saturated rings. The van der Waals surface area contributed by atoms with E-state index in [1.165, 1.54) is 0 Å². The lowest BCUT2D eigenvalue weighted by Crippen LogP contribution is -2.14. The molecule has 0 aliphatic heterocycles. The van der Waals surface area contributed by atoms with Crippen molar-refractivity contribution in [3.63, 3.8) is 0 Å². The van der Waals surface area contributed by atoms with Gasteiger partial charge in [-0.1, -0.05) is 29.8 Å². The Balaban J connectivity index is 2.39. The number of nitrogens with one attached hydrogen (secondary N) is 1. The Labute approximate surface area is 175 Å². The van der Waals surface area contributed by atoms with Crippen LogP contribution >= 0.6 is 15.9 Å². The number of nitriles is 1. The lowest BCUT2D eigenvalue weighted by atomic mass is 9.95. The van der Waals surface area contributed by atoms with Gasteiger partial charge in [-0.05, 0) is 85.4 Å². The van der Waals surface area contributed by atoms with E-state index in [0.29, 0.717) is 12.3 Å². The first-order chi connectivity index (χ1) is 13.3. The highest BCUT2D eigenvalue weighted by Crippen LogP contribution is 2.31. The van der Waals surface area contributed by atoms with Crippen molar-refractivity contribution < 1.29 is 9.53 Å². The highest BCUT2D eigenvalue weighted by Gasteiger charge is 2.15. The predicted octanol–water partition coefficient (Wildman–Crippen LogP) is 6.13. The normalized spacial score (nSPS) is 11.3. The van der Waals surface area contributed by atoms with Gasteiger partial charge in [-0.25, -0.2) is 0 Å². The fourth-order valence-electron chi connectivity index (χ4n) is 2.86. The van der Waals surface area contributed by atoms with Crippen LogP contribution in [0.25, 0.3) is 6.08 Å². The molecule has 28 heavy (non-hydrogen) atoms. The Hall–Kier alpha value is -2.58. The lowest BCUT2D eigenvalue weighted by molar-refractivity contribution is -0.112. The number of rotatable bonds is 6. The highest BCUT2D eigenvalue weighted by atomic mass is 79.9. The second kappa shape index (κ2) is 9.57. The van der Waals surface area contributed by atoms with Crippen LogP contribution in [0.5, 0.6) is 5.75 Å². The Bertz CT molecular complexity index is 956. The van der Waals surface area contributed by atoms with Crippen LogP contribution in [-0.4, -0.2) is 12.5 Å². The molecule has 0 unspecified atom stereocenters. The molecule has 1 N–H and O–H groups in total. The van der Waals surface area contributed by atoms with Crippen LogP contribution in [0.4, 0.5) is 5.69 Å². The Kier molecular flexibility index (Phi) is 7.42. The van der Waals surface area contributed by atoms with Crippen molar-refractivity contribution in [3.8, 4) is 11.8 Å². The zero-order valence-electron chi connectivity index (χ0n) is 16.9. The summed E-state index contributed by atoms with van der Waals surface area (Å²) >= 11 is 3.41. The second-order valence-electron chi connectivity index (χ2n) is 6.92. The van der Waals surface area contributed by atoms with E-state index < -0.39 is 5.91 Å². The fraction of sp³-hybridized carbons (Fsp3) is 0.304. The van der Waals surface area contributed by atoms with Gasteiger partial charge in [-0.2, -0.15) is 5.26 Å². The summed E-state index contributed by atoms with van der Waals surface area (Å²) in [6, 6.07) is 11.6. The molecule has 0 aromatic heterocycles. The molecular weight excluding hydrogens is 416 g/mol. The summed E-state index contributed by atoms with van der Waals surface area (Å²) in [7, 11) is 0. The lowest BCUT2D eigenvalue weighted by Gasteiger charge is -2.16. The SMILES string of the molecule is CCOc1cc(C)c(/C=C(\C#N)C(=O)Nc2ccc(Br)cc2C)cc1C(C)C. The molecule has 1 amide bonds. The van der Waals surface area contributed by atoms with Gasteiger partial charge in [0.05, 0.1) is 6.61 Å². The van der Waals surface area contributed by atoms with Crippen molar-refractivity contribution >= 4 is 33.6 Å². The summed E-state index contributed by atoms with van der Waals surface area (Å²) in [5.74, 6) is 0.687. The first-order valence-electron chi connectivity index (χ1n) is 9.23. The molecule has 2 aromatic carbocycles. The third kappa shape index (κ3) is 5.24. The number of anilines is 1. The van der Waals surface area contributed by atoms with Gasteiger partial charge in [0.15, 0.2) is 0 Å². The van der Waals surface area contributed by atoms with Crippen LogP contribution in [0.3, 0.4) is 0 Å². The van der Waals surface area contributed by atoms with Crippen LogP contribution in [0.1, 0.15) is 48.9 Å². The number of aryl methyl sites for hydroxylation is 2.